The molecule has 1 amide bonds. The lowest BCUT2D eigenvalue weighted by molar-refractivity contribution is -0.118. The highest BCUT2D eigenvalue weighted by Gasteiger charge is 2.21. The van der Waals surface area contributed by atoms with Crippen molar-refractivity contribution in [3.8, 4) is 0 Å². The zero-order valence-corrected chi connectivity index (χ0v) is 14.0. The Morgan fingerprint density at radius 1 is 1.12 bits per heavy atom. The van der Waals surface area contributed by atoms with Crippen LogP contribution in [0.1, 0.15) is 37.6 Å². The average Bonchev–Trinajstić information content (AvgIpc) is 3.04. The molecule has 1 heterocycles. The zero-order valence-electron chi connectivity index (χ0n) is 14.0. The van der Waals surface area contributed by atoms with Gasteiger partial charge >= 0.3 is 0 Å². The number of para-hydroxylation sites is 1. The number of hydrogen-bond donors (Lipinski definition) is 1. The quantitative estimate of drug-likeness (QED) is 0.673. The molecule has 0 bridgehead atoms. The zero-order chi connectivity index (χ0) is 16.9. The first kappa shape index (κ1) is 16.1. The fourth-order valence-electron chi connectivity index (χ4n) is 2.75. The van der Waals surface area contributed by atoms with Gasteiger partial charge in [-0.2, -0.15) is 0 Å². The smallest absolute Gasteiger partial charge is 0.247 e. The predicted octanol–water partition coefficient (Wildman–Crippen LogP) is 4.99. The van der Waals surface area contributed by atoms with Gasteiger partial charge in [0.1, 0.15) is 17.4 Å². The minimum Gasteiger partial charge on any atom is -0.459 e. The molecular weight excluding hydrogens is 298 g/mol. The van der Waals surface area contributed by atoms with E-state index in [1.54, 1.807) is 0 Å². The van der Waals surface area contributed by atoms with Crippen LogP contribution in [0.15, 0.2) is 76.7 Å². The first-order chi connectivity index (χ1) is 11.7. The van der Waals surface area contributed by atoms with Crippen LogP contribution in [-0.2, 0) is 4.79 Å². The number of nitrogens with one attached hydrogen (secondary N) is 1. The van der Waals surface area contributed by atoms with Gasteiger partial charge in [0.2, 0.25) is 5.91 Å². The summed E-state index contributed by atoms with van der Waals surface area (Å²) in [6.45, 7) is 3.85. The van der Waals surface area contributed by atoms with Crippen LogP contribution in [0.3, 0.4) is 0 Å². The third-order valence-electron chi connectivity index (χ3n) is 4.01. The first-order valence-electron chi connectivity index (χ1n) is 8.20. The maximum Gasteiger partial charge on any atom is 0.247 e. The van der Waals surface area contributed by atoms with Gasteiger partial charge in [-0.25, -0.2) is 0 Å². The van der Waals surface area contributed by atoms with Gasteiger partial charge in [0, 0.05) is 11.0 Å². The molecule has 0 aliphatic carbocycles. The third-order valence-corrected chi connectivity index (χ3v) is 4.01. The molecule has 1 unspecified atom stereocenters. The van der Waals surface area contributed by atoms with E-state index in [0.29, 0.717) is 0 Å². The van der Waals surface area contributed by atoms with Gasteiger partial charge in [0.25, 0.3) is 0 Å². The maximum absolute atomic E-state index is 12.5. The molecule has 0 aliphatic heterocycles. The summed E-state index contributed by atoms with van der Waals surface area (Å²) in [5.74, 6) is 0.659. The van der Waals surface area contributed by atoms with E-state index in [9.17, 15) is 4.79 Å². The summed E-state index contributed by atoms with van der Waals surface area (Å²) in [6, 6.07) is 19.4. The highest BCUT2D eigenvalue weighted by Crippen LogP contribution is 2.28. The van der Waals surface area contributed by atoms with Crippen LogP contribution in [-0.4, -0.2) is 5.91 Å². The van der Waals surface area contributed by atoms with Crippen LogP contribution in [0.4, 0.5) is 0 Å². The van der Waals surface area contributed by atoms with Crippen LogP contribution in [0.25, 0.3) is 11.0 Å². The van der Waals surface area contributed by atoms with E-state index in [-0.39, 0.29) is 11.9 Å². The second-order valence-corrected chi connectivity index (χ2v) is 5.80. The van der Waals surface area contributed by atoms with Crippen molar-refractivity contribution in [2.45, 2.75) is 26.3 Å². The van der Waals surface area contributed by atoms with Crippen molar-refractivity contribution in [2.75, 3.05) is 0 Å². The Morgan fingerprint density at radius 3 is 2.54 bits per heavy atom. The highest BCUT2D eigenvalue weighted by atomic mass is 16.3. The molecule has 0 saturated carbocycles. The van der Waals surface area contributed by atoms with E-state index in [1.165, 1.54) is 0 Å². The van der Waals surface area contributed by atoms with Gasteiger partial charge in [-0.05, 0) is 31.0 Å². The van der Waals surface area contributed by atoms with E-state index < -0.39 is 0 Å². The average molecular weight is 319 g/mol. The number of rotatable bonds is 5. The number of carbonyl (C=O) groups is 1. The van der Waals surface area contributed by atoms with E-state index in [1.807, 2.05) is 80.6 Å². The molecule has 0 spiro atoms. The van der Waals surface area contributed by atoms with E-state index in [2.05, 4.69) is 5.32 Å². The number of hydrogen-bond acceptors (Lipinski definition) is 2. The molecule has 0 aliphatic rings. The van der Waals surface area contributed by atoms with Crippen molar-refractivity contribution in [3.63, 3.8) is 0 Å². The molecule has 3 rings (SSSR count). The molecule has 1 atom stereocenters. The van der Waals surface area contributed by atoms with E-state index >= 15 is 0 Å². The molecule has 3 nitrogen and oxygen atoms in total. The summed E-state index contributed by atoms with van der Waals surface area (Å²) in [5, 5.41) is 4.13. The SMILES string of the molecule is CC/C=C(/C)C(=O)NC(c1ccccc1)c1cc2ccccc2o1. The number of allylic oxidation sites excluding steroid dienone is 1. The topological polar surface area (TPSA) is 42.2 Å². The molecule has 122 valence electrons. The summed E-state index contributed by atoms with van der Waals surface area (Å²) in [5.41, 5.74) is 2.53. The number of amides is 1. The van der Waals surface area contributed by atoms with E-state index in [0.717, 1.165) is 34.3 Å². The van der Waals surface area contributed by atoms with Crippen molar-refractivity contribution >= 4 is 16.9 Å². The maximum atomic E-state index is 12.5. The minimum atomic E-state index is -0.314. The second kappa shape index (κ2) is 7.18. The van der Waals surface area contributed by atoms with Crippen LogP contribution in [0.5, 0.6) is 0 Å². The van der Waals surface area contributed by atoms with Gasteiger partial charge < -0.3 is 9.73 Å². The fourth-order valence-corrected chi connectivity index (χ4v) is 2.75. The van der Waals surface area contributed by atoms with Crippen molar-refractivity contribution in [3.05, 3.63) is 83.6 Å². The lowest BCUT2D eigenvalue weighted by Crippen LogP contribution is -2.29. The lowest BCUT2D eigenvalue weighted by atomic mass is 10.0. The molecule has 0 radical (unpaired) electrons. The number of benzene rings is 2. The largest absolute Gasteiger partial charge is 0.459 e. The molecule has 1 N–H and O–H groups in total. The summed E-state index contributed by atoms with van der Waals surface area (Å²) in [6.07, 6.45) is 2.76. The normalized spacial score (nSPS) is 13.0. The highest BCUT2D eigenvalue weighted by molar-refractivity contribution is 5.93. The van der Waals surface area contributed by atoms with Gasteiger partial charge in [-0.1, -0.05) is 61.5 Å². The van der Waals surface area contributed by atoms with Gasteiger partial charge in [0.05, 0.1) is 0 Å². The molecule has 3 aromatic rings. The molecule has 0 saturated heterocycles. The summed E-state index contributed by atoms with van der Waals surface area (Å²) >= 11 is 0. The monoisotopic (exact) mass is 319 g/mol. The van der Waals surface area contributed by atoms with Crippen molar-refractivity contribution in [1.29, 1.82) is 0 Å². The Hall–Kier alpha value is -2.81. The summed E-state index contributed by atoms with van der Waals surface area (Å²) in [7, 11) is 0. The van der Waals surface area contributed by atoms with Gasteiger partial charge in [-0.3, -0.25) is 4.79 Å². The molecule has 0 fully saturated rings. The lowest BCUT2D eigenvalue weighted by Gasteiger charge is -2.17. The number of carbonyl (C=O) groups excluding carboxylic acids is 1. The third kappa shape index (κ3) is 3.40. The Bertz CT molecular complexity index is 829. The van der Waals surface area contributed by atoms with Crippen LogP contribution in [0, 0.1) is 0 Å². The number of furan rings is 1. The summed E-state index contributed by atoms with van der Waals surface area (Å²) in [4.78, 5) is 12.5. The Balaban J connectivity index is 1.99. The predicted molar refractivity (Wildman–Crippen MR) is 96.7 cm³/mol. The molecule has 24 heavy (non-hydrogen) atoms. The first-order valence-corrected chi connectivity index (χ1v) is 8.20. The molecular formula is C21H21NO2. The Kier molecular flexibility index (Phi) is 4.80. The second-order valence-electron chi connectivity index (χ2n) is 5.80. The minimum absolute atomic E-state index is 0.0776. The number of fused-ring (bicyclic) bond motifs is 1. The van der Waals surface area contributed by atoms with Crippen molar-refractivity contribution in [2.24, 2.45) is 0 Å². The van der Waals surface area contributed by atoms with Crippen molar-refractivity contribution in [1.82, 2.24) is 5.32 Å². The van der Waals surface area contributed by atoms with Crippen LogP contribution in [0.2, 0.25) is 0 Å². The van der Waals surface area contributed by atoms with E-state index in [4.69, 9.17) is 4.42 Å². The van der Waals surface area contributed by atoms with Gasteiger partial charge in [0.15, 0.2) is 0 Å². The summed E-state index contributed by atoms with van der Waals surface area (Å²) < 4.78 is 5.99. The van der Waals surface area contributed by atoms with Crippen LogP contribution < -0.4 is 5.32 Å². The Morgan fingerprint density at radius 2 is 1.83 bits per heavy atom. The molecule has 1 aromatic heterocycles. The fraction of sp³-hybridized carbons (Fsp3) is 0.190. The molecule has 2 aromatic carbocycles. The Labute approximate surface area is 142 Å². The van der Waals surface area contributed by atoms with Crippen molar-refractivity contribution < 1.29 is 9.21 Å². The van der Waals surface area contributed by atoms with Gasteiger partial charge in [-0.15, -0.1) is 0 Å². The standard InChI is InChI=1S/C21H21NO2/c1-3-9-15(2)21(23)22-20(16-10-5-4-6-11-16)19-14-17-12-7-8-13-18(17)24-19/h4-14,20H,3H2,1-2H3,(H,22,23)/b15-9-. The molecule has 3 heteroatoms. The van der Waals surface area contributed by atoms with Crippen LogP contribution >= 0.6 is 0 Å².